The monoisotopic (exact) mass is 345 g/mol. The third-order valence-corrected chi connectivity index (χ3v) is 4.05. The summed E-state index contributed by atoms with van der Waals surface area (Å²) in [5.74, 6) is -0.231. The number of halogens is 2. The van der Waals surface area contributed by atoms with Gasteiger partial charge in [-0.2, -0.15) is 8.78 Å². The van der Waals surface area contributed by atoms with Gasteiger partial charge in [0.1, 0.15) is 5.75 Å². The molecular weight excluding hydrogens is 332 g/mol. The van der Waals surface area contributed by atoms with Crippen molar-refractivity contribution >= 4 is 5.95 Å². The molecule has 0 amide bonds. The lowest BCUT2D eigenvalue weighted by Gasteiger charge is -2.18. The zero-order chi connectivity index (χ0) is 17.4. The summed E-state index contributed by atoms with van der Waals surface area (Å²) in [7, 11) is 0. The first kappa shape index (κ1) is 15.4. The van der Waals surface area contributed by atoms with Gasteiger partial charge in [-0.25, -0.2) is 9.97 Å². The first-order valence-electron chi connectivity index (χ1n) is 7.58. The van der Waals surface area contributed by atoms with Crippen LogP contribution in [0, 0.1) is 0 Å². The van der Waals surface area contributed by atoms with E-state index in [2.05, 4.69) is 25.5 Å². The van der Waals surface area contributed by atoms with Crippen molar-refractivity contribution in [1.82, 2.24) is 20.2 Å². The molecule has 1 aromatic carbocycles. The number of para-hydroxylation sites is 1. The summed E-state index contributed by atoms with van der Waals surface area (Å²) in [5.41, 5.74) is 0.749. The Bertz CT molecular complexity index is 894. The maximum absolute atomic E-state index is 12.5. The SMILES string of the molecule is Oc1ccccc1C1(Nc2ncc(-c3nnc(C(F)F)o3)cn2)CC1. The Labute approximate surface area is 140 Å². The fourth-order valence-corrected chi connectivity index (χ4v) is 2.62. The van der Waals surface area contributed by atoms with Crippen molar-refractivity contribution in [2.24, 2.45) is 0 Å². The number of hydrogen-bond donors (Lipinski definition) is 2. The normalized spacial score (nSPS) is 15.3. The molecule has 1 aliphatic rings. The van der Waals surface area contributed by atoms with Crippen LogP contribution in [0.25, 0.3) is 11.5 Å². The number of nitrogens with zero attached hydrogens (tertiary/aromatic N) is 4. The van der Waals surface area contributed by atoms with E-state index >= 15 is 0 Å². The third kappa shape index (κ3) is 2.88. The second-order valence-electron chi connectivity index (χ2n) is 5.77. The fourth-order valence-electron chi connectivity index (χ4n) is 2.62. The Morgan fingerprint density at radius 2 is 1.84 bits per heavy atom. The zero-order valence-electron chi connectivity index (χ0n) is 12.9. The van der Waals surface area contributed by atoms with Crippen molar-refractivity contribution in [2.45, 2.75) is 24.8 Å². The van der Waals surface area contributed by atoms with Crippen LogP contribution in [-0.2, 0) is 5.54 Å². The lowest BCUT2D eigenvalue weighted by Crippen LogP contribution is -2.20. The molecule has 0 saturated heterocycles. The highest BCUT2D eigenvalue weighted by Gasteiger charge is 2.46. The van der Waals surface area contributed by atoms with E-state index in [4.69, 9.17) is 4.42 Å². The number of alkyl halides is 2. The quantitative estimate of drug-likeness (QED) is 0.732. The summed E-state index contributed by atoms with van der Waals surface area (Å²) in [6, 6.07) is 7.11. The van der Waals surface area contributed by atoms with Gasteiger partial charge < -0.3 is 14.8 Å². The van der Waals surface area contributed by atoms with E-state index in [1.807, 2.05) is 12.1 Å². The highest BCUT2D eigenvalue weighted by molar-refractivity contribution is 5.52. The second-order valence-corrected chi connectivity index (χ2v) is 5.77. The van der Waals surface area contributed by atoms with Crippen LogP contribution in [0.3, 0.4) is 0 Å². The predicted molar refractivity (Wildman–Crippen MR) is 82.9 cm³/mol. The Hall–Kier alpha value is -3.10. The highest BCUT2D eigenvalue weighted by atomic mass is 19.3. The van der Waals surface area contributed by atoms with Gasteiger partial charge in [0.2, 0.25) is 5.95 Å². The molecule has 2 aromatic heterocycles. The molecule has 0 unspecified atom stereocenters. The molecule has 1 aliphatic carbocycles. The van der Waals surface area contributed by atoms with Crippen LogP contribution in [0.2, 0.25) is 0 Å². The maximum atomic E-state index is 12.5. The molecular formula is C16H13F2N5O2. The Balaban J connectivity index is 1.54. The van der Waals surface area contributed by atoms with Crippen molar-refractivity contribution in [3.05, 3.63) is 48.1 Å². The number of aromatic hydroxyl groups is 1. The van der Waals surface area contributed by atoms with Crippen LogP contribution >= 0.6 is 0 Å². The Morgan fingerprint density at radius 3 is 2.44 bits per heavy atom. The molecule has 4 rings (SSSR count). The van der Waals surface area contributed by atoms with Gasteiger partial charge in [0.15, 0.2) is 0 Å². The molecule has 1 fully saturated rings. The van der Waals surface area contributed by atoms with Gasteiger partial charge in [0, 0.05) is 18.0 Å². The number of phenols is 1. The predicted octanol–water partition coefficient (Wildman–Crippen LogP) is 3.27. The van der Waals surface area contributed by atoms with Crippen molar-refractivity contribution in [1.29, 1.82) is 0 Å². The summed E-state index contributed by atoms with van der Waals surface area (Å²) in [6.45, 7) is 0. The van der Waals surface area contributed by atoms with Crippen molar-refractivity contribution < 1.29 is 18.3 Å². The van der Waals surface area contributed by atoms with E-state index in [1.165, 1.54) is 12.4 Å². The Morgan fingerprint density at radius 1 is 1.12 bits per heavy atom. The zero-order valence-corrected chi connectivity index (χ0v) is 12.9. The molecule has 2 heterocycles. The third-order valence-electron chi connectivity index (χ3n) is 4.05. The van der Waals surface area contributed by atoms with E-state index in [9.17, 15) is 13.9 Å². The molecule has 1 saturated carbocycles. The molecule has 7 nitrogen and oxygen atoms in total. The molecule has 0 bridgehead atoms. The molecule has 0 atom stereocenters. The fraction of sp³-hybridized carbons (Fsp3) is 0.250. The van der Waals surface area contributed by atoms with E-state index in [-0.39, 0.29) is 17.2 Å². The first-order chi connectivity index (χ1) is 12.1. The number of rotatable bonds is 5. The number of nitrogens with one attached hydrogen (secondary N) is 1. The molecule has 128 valence electrons. The van der Waals surface area contributed by atoms with Crippen LogP contribution in [-0.4, -0.2) is 25.3 Å². The topological polar surface area (TPSA) is 97.0 Å². The smallest absolute Gasteiger partial charge is 0.314 e. The summed E-state index contributed by atoms with van der Waals surface area (Å²) in [4.78, 5) is 8.34. The van der Waals surface area contributed by atoms with E-state index < -0.39 is 12.3 Å². The summed E-state index contributed by atoms with van der Waals surface area (Å²) in [5, 5.41) is 20.1. The van der Waals surface area contributed by atoms with Gasteiger partial charge in [-0.3, -0.25) is 0 Å². The number of benzene rings is 1. The Kier molecular flexibility index (Phi) is 3.56. The second kappa shape index (κ2) is 5.76. The number of anilines is 1. The molecule has 3 aromatic rings. The molecule has 9 heteroatoms. The van der Waals surface area contributed by atoms with Gasteiger partial charge in [-0.05, 0) is 18.9 Å². The van der Waals surface area contributed by atoms with Gasteiger partial charge in [0.05, 0.1) is 11.1 Å². The lowest BCUT2D eigenvalue weighted by atomic mass is 10.0. The lowest BCUT2D eigenvalue weighted by molar-refractivity contribution is 0.116. The van der Waals surface area contributed by atoms with Crippen LogP contribution in [0.15, 0.2) is 41.1 Å². The van der Waals surface area contributed by atoms with Crippen LogP contribution in [0.5, 0.6) is 5.75 Å². The minimum atomic E-state index is -2.82. The molecule has 25 heavy (non-hydrogen) atoms. The average Bonchev–Trinajstić information content (AvgIpc) is 3.20. The standard InChI is InChI=1S/C16H13F2N5O2/c17-12(18)14-23-22-13(25-14)9-7-19-15(20-8-9)21-16(5-6-16)10-3-1-2-4-11(10)24/h1-4,7-8,12,24H,5-6H2,(H,19,20,21). The van der Waals surface area contributed by atoms with E-state index in [0.717, 1.165) is 18.4 Å². The van der Waals surface area contributed by atoms with Gasteiger partial charge in [-0.1, -0.05) is 18.2 Å². The van der Waals surface area contributed by atoms with E-state index in [0.29, 0.717) is 11.5 Å². The van der Waals surface area contributed by atoms with Gasteiger partial charge >= 0.3 is 6.43 Å². The van der Waals surface area contributed by atoms with Crippen LogP contribution in [0.1, 0.15) is 30.7 Å². The highest BCUT2D eigenvalue weighted by Crippen LogP contribution is 2.50. The minimum absolute atomic E-state index is 0.0660. The van der Waals surface area contributed by atoms with Crippen molar-refractivity contribution in [3.8, 4) is 17.2 Å². The number of phenolic OH excluding ortho intramolecular Hbond substituents is 1. The maximum Gasteiger partial charge on any atom is 0.314 e. The largest absolute Gasteiger partial charge is 0.508 e. The van der Waals surface area contributed by atoms with Crippen molar-refractivity contribution in [3.63, 3.8) is 0 Å². The summed E-state index contributed by atoms with van der Waals surface area (Å²) < 4.78 is 29.8. The molecule has 0 spiro atoms. The minimum Gasteiger partial charge on any atom is -0.508 e. The molecule has 0 radical (unpaired) electrons. The van der Waals surface area contributed by atoms with Crippen LogP contribution in [0.4, 0.5) is 14.7 Å². The van der Waals surface area contributed by atoms with Gasteiger partial charge in [0.25, 0.3) is 11.8 Å². The number of aromatic nitrogens is 4. The average molecular weight is 345 g/mol. The van der Waals surface area contributed by atoms with Crippen molar-refractivity contribution in [2.75, 3.05) is 5.32 Å². The van der Waals surface area contributed by atoms with Crippen LogP contribution < -0.4 is 5.32 Å². The number of hydrogen-bond acceptors (Lipinski definition) is 7. The summed E-state index contributed by atoms with van der Waals surface area (Å²) in [6.07, 6.45) is 1.70. The molecule has 0 aliphatic heterocycles. The van der Waals surface area contributed by atoms with Gasteiger partial charge in [-0.15, -0.1) is 10.2 Å². The summed E-state index contributed by atoms with van der Waals surface area (Å²) >= 11 is 0. The van der Waals surface area contributed by atoms with E-state index in [1.54, 1.807) is 12.1 Å². The first-order valence-corrected chi connectivity index (χ1v) is 7.58. The molecule has 2 N–H and O–H groups in total.